The van der Waals surface area contributed by atoms with E-state index in [1.807, 2.05) is 6.54 Å². The van der Waals surface area contributed by atoms with Gasteiger partial charge in [0.2, 0.25) is 0 Å². The monoisotopic (exact) mass is 152 g/mol. The van der Waals surface area contributed by atoms with Gasteiger partial charge >= 0.3 is 6.36 Å². The molecule has 0 aromatic heterocycles. The Morgan fingerprint density at radius 1 is 1.60 bits per heavy atom. The first-order chi connectivity index (χ1) is 4.58. The topological polar surface area (TPSA) is 33.6 Å². The van der Waals surface area contributed by atoms with Gasteiger partial charge in [0.25, 0.3) is 0 Å². The predicted molar refractivity (Wildman–Crippen MR) is 25.8 cm³/mol. The molecule has 0 bridgehead atoms. The molecular weight excluding hydrogens is 149 g/mol. The molecule has 0 saturated heterocycles. The van der Waals surface area contributed by atoms with E-state index in [1.165, 1.54) is 0 Å². The number of nitrogens with one attached hydrogen (secondary N) is 1. The Morgan fingerprint density at radius 3 is 2.70 bits per heavy atom. The zero-order valence-corrected chi connectivity index (χ0v) is 4.64. The van der Waals surface area contributed by atoms with Gasteiger partial charge in [-0.15, -0.1) is 13.2 Å². The van der Waals surface area contributed by atoms with Crippen LogP contribution in [0.5, 0.6) is 0 Å². The van der Waals surface area contributed by atoms with E-state index in [2.05, 4.69) is 15.0 Å². The lowest BCUT2D eigenvalue weighted by atomic mass is 10.6. The maximum absolute atomic E-state index is 11.3. The standard InChI is InChI=1S/C4H3F3N2O/c5-4(6,7)10-3-1-8-2-9-3/h2-3,9H. The van der Waals surface area contributed by atoms with Gasteiger partial charge in [0.1, 0.15) is 0 Å². The largest absolute Gasteiger partial charge is 0.524 e. The summed E-state index contributed by atoms with van der Waals surface area (Å²) in [5, 5.41) is 2.17. The second-order valence-corrected chi connectivity index (χ2v) is 1.50. The van der Waals surface area contributed by atoms with E-state index in [9.17, 15) is 13.2 Å². The molecule has 1 aliphatic heterocycles. The normalized spacial score (nSPS) is 24.9. The molecule has 1 unspecified atom stereocenters. The summed E-state index contributed by atoms with van der Waals surface area (Å²) in [6.07, 6.45) is -4.85. The molecule has 2 radical (unpaired) electrons. The molecule has 1 heterocycles. The Balaban J connectivity index is 2.26. The van der Waals surface area contributed by atoms with E-state index in [0.29, 0.717) is 0 Å². The smallest absolute Gasteiger partial charge is 0.349 e. The number of aliphatic imine (C=N–C) groups is 1. The predicted octanol–water partition coefficient (Wildman–Crippen LogP) is 0.519. The van der Waals surface area contributed by atoms with Gasteiger partial charge in [-0.1, -0.05) is 0 Å². The number of hydrogen-bond donors (Lipinski definition) is 1. The summed E-state index contributed by atoms with van der Waals surface area (Å²) >= 11 is 0. The highest BCUT2D eigenvalue weighted by Gasteiger charge is 2.34. The van der Waals surface area contributed by atoms with Crippen molar-refractivity contribution in [3.63, 3.8) is 0 Å². The quantitative estimate of drug-likeness (QED) is 0.594. The van der Waals surface area contributed by atoms with Gasteiger partial charge in [0, 0.05) is 0 Å². The highest BCUT2D eigenvalue weighted by atomic mass is 19.4. The van der Waals surface area contributed by atoms with Crippen LogP contribution in [0.1, 0.15) is 0 Å². The van der Waals surface area contributed by atoms with E-state index >= 15 is 0 Å². The first-order valence-electron chi connectivity index (χ1n) is 2.35. The van der Waals surface area contributed by atoms with Crippen LogP contribution in [-0.4, -0.2) is 18.9 Å². The minimum atomic E-state index is -4.64. The fourth-order valence-electron chi connectivity index (χ4n) is 0.441. The molecule has 0 aromatic carbocycles. The van der Waals surface area contributed by atoms with Gasteiger partial charge in [0.05, 0.1) is 6.34 Å². The second-order valence-electron chi connectivity index (χ2n) is 1.50. The van der Waals surface area contributed by atoms with Crippen LogP contribution in [0.15, 0.2) is 4.99 Å². The minimum Gasteiger partial charge on any atom is -0.349 e. The van der Waals surface area contributed by atoms with Crippen molar-refractivity contribution in [2.24, 2.45) is 4.99 Å². The Morgan fingerprint density at radius 2 is 2.30 bits per heavy atom. The highest BCUT2D eigenvalue weighted by Crippen LogP contribution is 2.19. The first kappa shape index (κ1) is 7.33. The number of ether oxygens (including phenoxy) is 1. The van der Waals surface area contributed by atoms with Gasteiger partial charge < -0.3 is 5.32 Å². The van der Waals surface area contributed by atoms with E-state index in [4.69, 9.17) is 0 Å². The van der Waals surface area contributed by atoms with Crippen molar-refractivity contribution in [2.75, 3.05) is 0 Å². The lowest BCUT2D eigenvalue weighted by Gasteiger charge is -2.11. The first-order valence-corrected chi connectivity index (χ1v) is 2.35. The van der Waals surface area contributed by atoms with Crippen LogP contribution in [0.4, 0.5) is 13.2 Å². The summed E-state index contributed by atoms with van der Waals surface area (Å²) in [6.45, 7) is 2.03. The zero-order chi connectivity index (χ0) is 7.61. The molecule has 10 heavy (non-hydrogen) atoms. The average Bonchev–Trinajstić information content (AvgIpc) is 2.12. The molecule has 0 spiro atoms. The fourth-order valence-corrected chi connectivity index (χ4v) is 0.441. The van der Waals surface area contributed by atoms with Crippen LogP contribution >= 0.6 is 0 Å². The molecule has 0 amide bonds. The highest BCUT2D eigenvalue weighted by molar-refractivity contribution is 5.58. The van der Waals surface area contributed by atoms with Gasteiger partial charge in [0.15, 0.2) is 12.8 Å². The van der Waals surface area contributed by atoms with Crippen LogP contribution in [0, 0.1) is 6.54 Å². The van der Waals surface area contributed by atoms with Crippen molar-refractivity contribution in [3.05, 3.63) is 6.54 Å². The number of alkyl halides is 3. The third-order valence-electron chi connectivity index (χ3n) is 0.734. The molecule has 1 rings (SSSR count). The number of rotatable bonds is 1. The molecule has 0 aliphatic carbocycles. The maximum atomic E-state index is 11.3. The number of halogens is 3. The summed E-state index contributed by atoms with van der Waals surface area (Å²) in [6, 6.07) is 0. The van der Waals surface area contributed by atoms with E-state index in [-0.39, 0.29) is 0 Å². The van der Waals surface area contributed by atoms with Crippen molar-refractivity contribution >= 4 is 6.34 Å². The van der Waals surface area contributed by atoms with Crippen LogP contribution in [0.2, 0.25) is 0 Å². The summed E-state index contributed by atoms with van der Waals surface area (Å²) < 4.78 is 37.5. The summed E-state index contributed by atoms with van der Waals surface area (Å²) in [4.78, 5) is 3.24. The second kappa shape index (κ2) is 2.45. The van der Waals surface area contributed by atoms with E-state index in [1.54, 1.807) is 0 Å². The van der Waals surface area contributed by atoms with Crippen LogP contribution < -0.4 is 5.32 Å². The zero-order valence-electron chi connectivity index (χ0n) is 4.64. The van der Waals surface area contributed by atoms with Crippen molar-refractivity contribution in [2.45, 2.75) is 12.6 Å². The maximum Gasteiger partial charge on any atom is 0.524 e. The molecule has 56 valence electrons. The van der Waals surface area contributed by atoms with Crippen molar-refractivity contribution in [1.82, 2.24) is 5.32 Å². The molecule has 0 aromatic rings. The van der Waals surface area contributed by atoms with Crippen LogP contribution in [-0.2, 0) is 4.74 Å². The molecule has 3 nitrogen and oxygen atoms in total. The SMILES string of the molecule is FC(F)(F)OC1[C]N=CN1. The number of nitrogens with zero attached hydrogens (tertiary/aromatic N) is 1. The van der Waals surface area contributed by atoms with Gasteiger partial charge in [-0.25, -0.2) is 0 Å². The summed E-state index contributed by atoms with van der Waals surface area (Å²) in [5.41, 5.74) is 0. The van der Waals surface area contributed by atoms with Gasteiger partial charge in [-0.05, 0) is 0 Å². The Bertz CT molecular complexity index is 136. The third kappa shape index (κ3) is 2.22. The lowest BCUT2D eigenvalue weighted by molar-refractivity contribution is -0.339. The lowest BCUT2D eigenvalue weighted by Crippen LogP contribution is -2.32. The van der Waals surface area contributed by atoms with Crippen molar-refractivity contribution in [3.8, 4) is 0 Å². The Kier molecular flexibility index (Phi) is 1.80. The number of hydrogen-bond acceptors (Lipinski definition) is 3. The van der Waals surface area contributed by atoms with Crippen LogP contribution in [0.25, 0.3) is 0 Å². The van der Waals surface area contributed by atoms with E-state index in [0.717, 1.165) is 6.34 Å². The molecule has 1 aliphatic rings. The molecule has 0 saturated carbocycles. The molecule has 0 fully saturated rings. The molecule has 1 N–H and O–H groups in total. The van der Waals surface area contributed by atoms with Crippen molar-refractivity contribution in [1.29, 1.82) is 0 Å². The molecule has 1 atom stereocenters. The average molecular weight is 152 g/mol. The Hall–Kier alpha value is -0.780. The van der Waals surface area contributed by atoms with Crippen molar-refractivity contribution < 1.29 is 17.9 Å². The Labute approximate surface area is 54.9 Å². The fraction of sp³-hybridized carbons (Fsp3) is 0.500. The summed E-state index contributed by atoms with van der Waals surface area (Å²) in [7, 11) is 0. The van der Waals surface area contributed by atoms with Gasteiger partial charge in [-0.2, -0.15) is 0 Å². The minimum absolute atomic E-state index is 1.08. The van der Waals surface area contributed by atoms with Crippen LogP contribution in [0.3, 0.4) is 0 Å². The summed E-state index contributed by atoms with van der Waals surface area (Å²) in [5.74, 6) is 0. The van der Waals surface area contributed by atoms with E-state index < -0.39 is 12.6 Å². The third-order valence-corrected chi connectivity index (χ3v) is 0.734. The molecule has 6 heteroatoms. The molecular formula is C4H3F3N2O. The van der Waals surface area contributed by atoms with Gasteiger partial charge in [-0.3, -0.25) is 9.73 Å².